The summed E-state index contributed by atoms with van der Waals surface area (Å²) in [6, 6.07) is 14.8. The van der Waals surface area contributed by atoms with Crippen LogP contribution in [0.5, 0.6) is 0 Å². The van der Waals surface area contributed by atoms with E-state index in [-0.39, 0.29) is 17.6 Å². The van der Waals surface area contributed by atoms with Crippen molar-refractivity contribution in [1.82, 2.24) is 38.5 Å². The first-order chi connectivity index (χ1) is 31.1. The van der Waals surface area contributed by atoms with Gasteiger partial charge >= 0.3 is 11.4 Å². The fourth-order valence-corrected chi connectivity index (χ4v) is 12.1. The number of amides is 1. The molecule has 65 heavy (non-hydrogen) atoms. The number of aromatic amines is 1. The first-order valence-corrected chi connectivity index (χ1v) is 24.8. The molecule has 4 aliphatic rings. The van der Waals surface area contributed by atoms with Gasteiger partial charge in [0.15, 0.2) is 5.82 Å². The van der Waals surface area contributed by atoms with E-state index < -0.39 is 30.2 Å². The van der Waals surface area contributed by atoms with Crippen LogP contribution in [0.3, 0.4) is 0 Å². The number of H-pyrrole nitrogens is 1. The standard InChI is InChI=1S/C48H49FN9O6P/c1-26-19-34(20-27(2)42(26)49)58-43(56-16-15-55(47(56)61)33-23-37-35(9-13-50-37)40(24-33)65(5,6)62)41-29(4)54(14-10-36(41)52-58)44(59)39-22-32-21-31(30-11-17-63-18-12-30)7-8-38(32)57(39)48(25-28(48)3)45-51-46(60)64-53-45/h7-8,13,15-16,19-24,28-30H,9-12,14,17-18,25H2,1-6H3,(H,51,53,60)/t28-,29-,48-/m0/s1. The number of aromatic nitrogens is 7. The van der Waals surface area contributed by atoms with Crippen molar-refractivity contribution in [2.75, 3.05) is 33.1 Å². The zero-order valence-electron chi connectivity index (χ0n) is 37.1. The Kier molecular flexibility index (Phi) is 9.43. The summed E-state index contributed by atoms with van der Waals surface area (Å²) in [7, 11) is -2.75. The van der Waals surface area contributed by atoms with Crippen LogP contribution < -0.4 is 16.8 Å². The van der Waals surface area contributed by atoms with Crippen molar-refractivity contribution >= 4 is 41.2 Å². The molecular formula is C48H49FN9O6P. The highest BCUT2D eigenvalue weighted by Crippen LogP contribution is 2.56. The molecule has 1 N–H and O–H groups in total. The first kappa shape index (κ1) is 41.3. The van der Waals surface area contributed by atoms with Gasteiger partial charge in [0.25, 0.3) is 5.91 Å². The number of hydrogen-bond acceptors (Lipinski definition) is 9. The summed E-state index contributed by atoms with van der Waals surface area (Å²) in [5.74, 6) is -0.0891. The Morgan fingerprint density at radius 1 is 0.969 bits per heavy atom. The summed E-state index contributed by atoms with van der Waals surface area (Å²) in [6.45, 7) is 12.6. The lowest BCUT2D eigenvalue weighted by atomic mass is 9.91. The molecule has 3 atom stereocenters. The Bertz CT molecular complexity index is 3320. The van der Waals surface area contributed by atoms with Gasteiger partial charge < -0.3 is 18.8 Å². The highest BCUT2D eigenvalue weighted by atomic mass is 31.2. The van der Waals surface area contributed by atoms with Gasteiger partial charge in [-0.2, -0.15) is 5.10 Å². The van der Waals surface area contributed by atoms with Crippen molar-refractivity contribution in [2.24, 2.45) is 10.9 Å². The van der Waals surface area contributed by atoms with E-state index in [0.717, 1.165) is 29.3 Å². The molecule has 1 saturated carbocycles. The summed E-state index contributed by atoms with van der Waals surface area (Å²) < 4.78 is 46.2. The van der Waals surface area contributed by atoms with Crippen molar-refractivity contribution < 1.29 is 23.0 Å². The monoisotopic (exact) mass is 897 g/mol. The largest absolute Gasteiger partial charge is 0.438 e. The number of halogens is 1. The van der Waals surface area contributed by atoms with Gasteiger partial charge in [-0.1, -0.05) is 18.1 Å². The fourth-order valence-electron chi connectivity index (χ4n) is 10.8. The number of carbonyl (C=O) groups excluding carboxylic acids is 1. The van der Waals surface area contributed by atoms with E-state index in [4.69, 9.17) is 14.4 Å². The lowest BCUT2D eigenvalue weighted by Crippen LogP contribution is -2.41. The van der Waals surface area contributed by atoms with Gasteiger partial charge in [-0.05, 0) is 130 Å². The average Bonchev–Trinajstić information content (AvgIpc) is 3.96. The molecule has 7 heterocycles. The molecule has 0 unspecified atom stereocenters. The zero-order chi connectivity index (χ0) is 45.3. The van der Waals surface area contributed by atoms with Gasteiger partial charge in [0, 0.05) is 73.0 Å². The molecule has 3 aromatic carbocycles. The third-order valence-electron chi connectivity index (χ3n) is 14.2. The Hall–Kier alpha value is -6.38. The van der Waals surface area contributed by atoms with Crippen molar-refractivity contribution in [3.63, 3.8) is 0 Å². The van der Waals surface area contributed by atoms with Crippen LogP contribution in [0.15, 0.2) is 80.0 Å². The maximum Gasteiger partial charge on any atom is 0.438 e. The number of nitrogens with one attached hydrogen (secondary N) is 1. The van der Waals surface area contributed by atoms with Gasteiger partial charge in [0.1, 0.15) is 30.0 Å². The van der Waals surface area contributed by atoms with Crippen LogP contribution in [0, 0.1) is 25.6 Å². The predicted octanol–water partition coefficient (Wildman–Crippen LogP) is 7.14. The quantitative estimate of drug-likeness (QED) is 0.157. The van der Waals surface area contributed by atoms with E-state index >= 15 is 9.18 Å². The number of benzene rings is 3. The second-order valence-electron chi connectivity index (χ2n) is 18.6. The third kappa shape index (κ3) is 6.42. The van der Waals surface area contributed by atoms with Gasteiger partial charge in [0.2, 0.25) is 0 Å². The van der Waals surface area contributed by atoms with E-state index in [1.54, 1.807) is 62.6 Å². The molecule has 11 rings (SSSR count). The molecule has 15 nitrogen and oxygen atoms in total. The Morgan fingerprint density at radius 3 is 2.40 bits per heavy atom. The number of aryl methyl sites for hydroxylation is 2. The minimum absolute atomic E-state index is 0.0180. The number of fused-ring (bicyclic) bond motifs is 3. The molecule has 3 aliphatic heterocycles. The van der Waals surface area contributed by atoms with Crippen LogP contribution in [0.2, 0.25) is 0 Å². The molecule has 4 aromatic heterocycles. The van der Waals surface area contributed by atoms with E-state index in [1.807, 2.05) is 34.6 Å². The molecule has 334 valence electrons. The van der Waals surface area contributed by atoms with E-state index in [0.29, 0.717) is 107 Å². The SMILES string of the molecule is Cc1cc(-n2nc3c(c2-n2ccn(-c4cc5c(c(P(C)(C)=O)c4)CC=N5)c2=O)[C@H](C)N(C(=O)c2cc4cc(C5CCOCC5)ccc4n2[C@@]2(c4noc(=O)[nH]4)C[C@@H]2C)CC3)cc(C)c1F. The number of nitrogens with zero attached hydrogens (tertiary/aromatic N) is 8. The summed E-state index contributed by atoms with van der Waals surface area (Å²) in [4.78, 5) is 52.0. The number of hydrogen-bond donors (Lipinski definition) is 1. The van der Waals surface area contributed by atoms with E-state index in [1.165, 1.54) is 14.7 Å². The first-order valence-electron chi connectivity index (χ1n) is 22.2. The molecule has 1 saturated heterocycles. The normalized spacial score (nSPS) is 20.8. The van der Waals surface area contributed by atoms with Crippen LogP contribution in [0.4, 0.5) is 10.1 Å². The Morgan fingerprint density at radius 2 is 1.71 bits per heavy atom. The summed E-state index contributed by atoms with van der Waals surface area (Å²) in [5, 5.41) is 10.9. The molecule has 0 radical (unpaired) electrons. The molecule has 2 fully saturated rings. The van der Waals surface area contributed by atoms with Crippen LogP contribution in [0.25, 0.3) is 28.1 Å². The average molecular weight is 898 g/mol. The van der Waals surface area contributed by atoms with Crippen molar-refractivity contribution in [3.05, 3.63) is 133 Å². The van der Waals surface area contributed by atoms with Gasteiger partial charge in [-0.25, -0.2) is 18.7 Å². The van der Waals surface area contributed by atoms with E-state index in [9.17, 15) is 14.2 Å². The summed E-state index contributed by atoms with van der Waals surface area (Å²) >= 11 is 0. The van der Waals surface area contributed by atoms with Crippen LogP contribution in [-0.2, 0) is 27.7 Å². The summed E-state index contributed by atoms with van der Waals surface area (Å²) in [6.07, 6.45) is 8.52. The zero-order valence-corrected chi connectivity index (χ0v) is 38.0. The topological polar surface area (TPSA) is 168 Å². The van der Waals surface area contributed by atoms with Crippen LogP contribution >= 0.6 is 7.14 Å². The number of ether oxygens (including phenoxy) is 1. The summed E-state index contributed by atoms with van der Waals surface area (Å²) in [5.41, 5.74) is 6.11. The highest BCUT2D eigenvalue weighted by molar-refractivity contribution is 7.70. The molecule has 1 aliphatic carbocycles. The maximum atomic E-state index is 15.5. The van der Waals surface area contributed by atoms with Crippen LogP contribution in [-0.4, -0.2) is 83.7 Å². The van der Waals surface area contributed by atoms with Crippen molar-refractivity contribution in [1.29, 1.82) is 0 Å². The number of rotatable bonds is 8. The minimum atomic E-state index is -2.75. The van der Waals surface area contributed by atoms with Gasteiger partial charge in [-0.3, -0.25) is 28.4 Å². The smallest absolute Gasteiger partial charge is 0.381 e. The van der Waals surface area contributed by atoms with Gasteiger partial charge in [-0.15, -0.1) is 0 Å². The van der Waals surface area contributed by atoms with Crippen molar-refractivity contribution in [2.45, 2.75) is 77.3 Å². The predicted molar refractivity (Wildman–Crippen MR) is 245 cm³/mol. The Labute approximate surface area is 372 Å². The minimum Gasteiger partial charge on any atom is -0.381 e. The van der Waals surface area contributed by atoms with Crippen LogP contribution in [0.1, 0.15) is 94.9 Å². The molecule has 0 bridgehead atoms. The number of aliphatic imine (C=N–C) groups is 1. The third-order valence-corrected chi connectivity index (χ3v) is 15.8. The molecule has 7 aromatic rings. The second-order valence-corrected chi connectivity index (χ2v) is 21.8. The maximum absolute atomic E-state index is 15.5. The number of imidazole rings is 1. The molecule has 0 spiro atoms. The second kappa shape index (κ2) is 14.8. The Balaban J connectivity index is 1.06. The molecule has 17 heteroatoms. The lowest BCUT2D eigenvalue weighted by Gasteiger charge is -2.34. The van der Waals surface area contributed by atoms with Gasteiger partial charge in [0.05, 0.1) is 28.8 Å². The number of carbonyl (C=O) groups is 1. The van der Waals surface area contributed by atoms with E-state index in [2.05, 4.69) is 40.3 Å². The highest BCUT2D eigenvalue weighted by Gasteiger charge is 2.59. The molecule has 1 amide bonds. The van der Waals surface area contributed by atoms with Crippen molar-refractivity contribution in [3.8, 4) is 17.2 Å². The fraction of sp³-hybridized carbons (Fsp3) is 0.375. The lowest BCUT2D eigenvalue weighted by molar-refractivity contribution is 0.0663. The molecular weight excluding hydrogens is 849 g/mol.